The molecule has 1 aromatic heterocycles. The molecule has 0 aliphatic rings. The molecule has 1 heterocycles. The predicted octanol–water partition coefficient (Wildman–Crippen LogP) is 3.44. The first kappa shape index (κ1) is 11.7. The summed E-state index contributed by atoms with van der Waals surface area (Å²) in [6.07, 6.45) is 1.72. The van der Waals surface area contributed by atoms with Crippen molar-refractivity contribution >= 4 is 31.9 Å². The van der Waals surface area contributed by atoms with Gasteiger partial charge in [-0.15, -0.1) is 0 Å². The Labute approximate surface area is 101 Å². The molecule has 0 aromatic carbocycles. The smallest absolute Gasteiger partial charge is 0.123 e. The summed E-state index contributed by atoms with van der Waals surface area (Å²) in [5.41, 5.74) is 1.95. The average Bonchev–Trinajstić information content (AvgIpc) is 2.25. The molecule has 0 bridgehead atoms. The van der Waals surface area contributed by atoms with Crippen molar-refractivity contribution < 1.29 is 4.74 Å². The molecule has 0 saturated heterocycles. The van der Waals surface area contributed by atoms with Gasteiger partial charge in [0.25, 0.3) is 0 Å². The van der Waals surface area contributed by atoms with E-state index in [1.54, 1.807) is 6.08 Å². The highest BCUT2D eigenvalue weighted by Gasteiger charge is 2.01. The zero-order chi connectivity index (χ0) is 10.4. The van der Waals surface area contributed by atoms with Gasteiger partial charge in [-0.3, -0.25) is 4.98 Å². The molecule has 1 aromatic rings. The molecule has 0 amide bonds. The van der Waals surface area contributed by atoms with Gasteiger partial charge >= 0.3 is 0 Å². The molecule has 2 nitrogen and oxygen atoms in total. The number of aromatic nitrogens is 1. The summed E-state index contributed by atoms with van der Waals surface area (Å²) in [5, 5.41) is 1.47. The van der Waals surface area contributed by atoms with Crippen molar-refractivity contribution in [2.45, 2.75) is 10.7 Å². The predicted molar refractivity (Wildman–Crippen MR) is 65.2 cm³/mol. The number of rotatable bonds is 5. The Bertz CT molecular complexity index is 293. The second-order valence-corrected chi connectivity index (χ2v) is 3.77. The van der Waals surface area contributed by atoms with E-state index in [4.69, 9.17) is 4.74 Å². The van der Waals surface area contributed by atoms with Crippen molar-refractivity contribution in [3.8, 4) is 5.75 Å². The van der Waals surface area contributed by atoms with Gasteiger partial charge in [0.15, 0.2) is 0 Å². The maximum absolute atomic E-state index is 5.44. The van der Waals surface area contributed by atoms with Crippen LogP contribution in [0.1, 0.15) is 11.4 Å². The van der Waals surface area contributed by atoms with Crippen LogP contribution in [-0.2, 0) is 10.7 Å². The van der Waals surface area contributed by atoms with E-state index in [0.29, 0.717) is 6.61 Å². The van der Waals surface area contributed by atoms with Crippen LogP contribution < -0.4 is 4.74 Å². The van der Waals surface area contributed by atoms with Crippen LogP contribution in [-0.4, -0.2) is 11.6 Å². The number of ether oxygens (including phenoxy) is 1. The molecule has 4 heteroatoms. The van der Waals surface area contributed by atoms with Crippen LogP contribution in [0.4, 0.5) is 0 Å². The lowest BCUT2D eigenvalue weighted by Crippen LogP contribution is -1.97. The van der Waals surface area contributed by atoms with Crippen LogP contribution in [0, 0.1) is 0 Å². The fourth-order valence-corrected chi connectivity index (χ4v) is 1.57. The first-order valence-corrected chi connectivity index (χ1v) is 6.40. The highest BCUT2D eigenvalue weighted by atomic mass is 79.9. The Morgan fingerprint density at radius 1 is 1.29 bits per heavy atom. The molecule has 0 N–H and O–H groups in total. The number of nitrogens with zero attached hydrogens (tertiary/aromatic N) is 1. The molecule has 14 heavy (non-hydrogen) atoms. The molecule has 76 valence electrons. The summed E-state index contributed by atoms with van der Waals surface area (Å²) in [5.74, 6) is 0.837. The van der Waals surface area contributed by atoms with Crippen molar-refractivity contribution in [3.05, 3.63) is 36.2 Å². The Morgan fingerprint density at radius 2 is 1.86 bits per heavy atom. The lowest BCUT2D eigenvalue weighted by molar-refractivity contribution is 0.362. The van der Waals surface area contributed by atoms with E-state index in [0.717, 1.165) is 27.8 Å². The Hall–Kier alpha value is -0.350. The first-order chi connectivity index (χ1) is 6.80. The molecule has 0 unspecified atom stereocenters. The molecule has 0 atom stereocenters. The second-order valence-electron chi connectivity index (χ2n) is 2.65. The van der Waals surface area contributed by atoms with Crippen molar-refractivity contribution in [1.82, 2.24) is 4.98 Å². The van der Waals surface area contributed by atoms with Crippen LogP contribution in [0.3, 0.4) is 0 Å². The van der Waals surface area contributed by atoms with Crippen molar-refractivity contribution in [2.75, 3.05) is 6.61 Å². The van der Waals surface area contributed by atoms with Crippen LogP contribution >= 0.6 is 31.9 Å². The van der Waals surface area contributed by atoms with Crippen molar-refractivity contribution in [3.63, 3.8) is 0 Å². The highest BCUT2D eigenvalue weighted by Crippen LogP contribution is 2.17. The van der Waals surface area contributed by atoms with Crippen LogP contribution in [0.15, 0.2) is 24.8 Å². The third-order valence-electron chi connectivity index (χ3n) is 1.55. The monoisotopic (exact) mass is 319 g/mol. The molecular weight excluding hydrogens is 310 g/mol. The maximum Gasteiger partial charge on any atom is 0.123 e. The molecular formula is C10H11Br2NO. The minimum Gasteiger partial charge on any atom is -0.489 e. The Balaban J connectivity index is 2.86. The van der Waals surface area contributed by atoms with Gasteiger partial charge in [0.1, 0.15) is 12.4 Å². The standard InChI is InChI=1S/C10H11Br2NO/c1-2-3-14-10-4-8(6-11)13-9(5-10)7-12/h2,4-5H,1,3,6-7H2. The van der Waals surface area contributed by atoms with Gasteiger partial charge in [-0.2, -0.15) is 0 Å². The number of hydrogen-bond donors (Lipinski definition) is 0. The summed E-state index contributed by atoms with van der Waals surface area (Å²) in [6.45, 7) is 4.12. The van der Waals surface area contributed by atoms with Gasteiger partial charge in [0, 0.05) is 22.8 Å². The number of hydrogen-bond acceptors (Lipinski definition) is 2. The van der Waals surface area contributed by atoms with E-state index < -0.39 is 0 Å². The van der Waals surface area contributed by atoms with Gasteiger partial charge in [-0.25, -0.2) is 0 Å². The third kappa shape index (κ3) is 3.42. The topological polar surface area (TPSA) is 22.1 Å². The minimum atomic E-state index is 0.521. The van der Waals surface area contributed by atoms with E-state index in [-0.39, 0.29) is 0 Å². The van der Waals surface area contributed by atoms with Crippen molar-refractivity contribution in [1.29, 1.82) is 0 Å². The summed E-state index contributed by atoms with van der Waals surface area (Å²) in [4.78, 5) is 4.38. The molecule has 0 fully saturated rings. The molecule has 1 rings (SSSR count). The van der Waals surface area contributed by atoms with Gasteiger partial charge < -0.3 is 4.74 Å². The normalized spacial score (nSPS) is 9.86. The van der Waals surface area contributed by atoms with E-state index in [1.165, 1.54) is 0 Å². The van der Waals surface area contributed by atoms with Gasteiger partial charge in [-0.05, 0) is 0 Å². The molecule has 0 radical (unpaired) electrons. The molecule has 0 saturated carbocycles. The maximum atomic E-state index is 5.44. The summed E-state index contributed by atoms with van der Waals surface area (Å²) < 4.78 is 5.44. The number of halogens is 2. The fourth-order valence-electron chi connectivity index (χ4n) is 0.994. The first-order valence-electron chi connectivity index (χ1n) is 4.15. The van der Waals surface area contributed by atoms with E-state index in [1.807, 2.05) is 12.1 Å². The summed E-state index contributed by atoms with van der Waals surface area (Å²) in [7, 11) is 0. The van der Waals surface area contributed by atoms with Crippen molar-refractivity contribution in [2.24, 2.45) is 0 Å². The Morgan fingerprint density at radius 3 is 2.29 bits per heavy atom. The molecule has 0 aliphatic carbocycles. The van der Waals surface area contributed by atoms with E-state index >= 15 is 0 Å². The number of alkyl halides is 2. The molecule has 0 aliphatic heterocycles. The summed E-state index contributed by atoms with van der Waals surface area (Å²) in [6, 6.07) is 3.84. The van der Waals surface area contributed by atoms with Gasteiger partial charge in [-0.1, -0.05) is 44.5 Å². The van der Waals surface area contributed by atoms with Gasteiger partial charge in [0.05, 0.1) is 11.4 Å². The quantitative estimate of drug-likeness (QED) is 0.612. The van der Waals surface area contributed by atoms with Crippen LogP contribution in [0.5, 0.6) is 5.75 Å². The Kier molecular flexibility index (Phi) is 5.19. The zero-order valence-corrected chi connectivity index (χ0v) is 10.8. The van der Waals surface area contributed by atoms with Crippen LogP contribution in [0.25, 0.3) is 0 Å². The minimum absolute atomic E-state index is 0.521. The van der Waals surface area contributed by atoms with E-state index in [2.05, 4.69) is 43.4 Å². The highest BCUT2D eigenvalue weighted by molar-refractivity contribution is 9.08. The van der Waals surface area contributed by atoms with Gasteiger partial charge in [0.2, 0.25) is 0 Å². The summed E-state index contributed by atoms with van der Waals surface area (Å²) >= 11 is 6.74. The SMILES string of the molecule is C=CCOc1cc(CBr)nc(CBr)c1. The fraction of sp³-hybridized carbons (Fsp3) is 0.300. The lowest BCUT2D eigenvalue weighted by Gasteiger charge is -2.06. The largest absolute Gasteiger partial charge is 0.489 e. The van der Waals surface area contributed by atoms with E-state index in [9.17, 15) is 0 Å². The zero-order valence-electron chi connectivity index (χ0n) is 7.67. The van der Waals surface area contributed by atoms with Crippen LogP contribution in [0.2, 0.25) is 0 Å². The average molecular weight is 321 g/mol. The molecule has 0 spiro atoms. The second kappa shape index (κ2) is 6.19. The lowest BCUT2D eigenvalue weighted by atomic mass is 10.3. The number of pyridine rings is 1. The third-order valence-corrected chi connectivity index (χ3v) is 2.70.